The largest absolute Gasteiger partial charge is 0.387 e. The number of rotatable bonds is 4. The van der Waals surface area contributed by atoms with Crippen molar-refractivity contribution in [3.05, 3.63) is 64.9 Å². The molecule has 3 nitrogen and oxygen atoms in total. The van der Waals surface area contributed by atoms with Crippen molar-refractivity contribution in [3.63, 3.8) is 0 Å². The van der Waals surface area contributed by atoms with E-state index >= 15 is 0 Å². The fraction of sp³-hybridized carbons (Fsp3) is 0.316. The number of aliphatic hydroxyl groups is 1. The number of benzene rings is 2. The molecule has 0 spiro atoms. The Morgan fingerprint density at radius 1 is 1.21 bits per heavy atom. The number of aromatic nitrogens is 1. The molecular weight excluding hydrogens is 323 g/mol. The third-order valence-electron chi connectivity index (χ3n) is 4.63. The van der Waals surface area contributed by atoms with Crippen molar-refractivity contribution in [2.24, 2.45) is 0 Å². The molecule has 1 fully saturated rings. The van der Waals surface area contributed by atoms with Crippen LogP contribution in [0.15, 0.2) is 48.5 Å². The van der Waals surface area contributed by atoms with Crippen LogP contribution in [0.25, 0.3) is 10.2 Å². The summed E-state index contributed by atoms with van der Waals surface area (Å²) in [5.74, 6) is -0.347. The van der Waals surface area contributed by atoms with Crippen molar-refractivity contribution in [2.75, 3.05) is 13.1 Å². The maximum Gasteiger partial charge on any atom is 0.129 e. The van der Waals surface area contributed by atoms with E-state index in [2.05, 4.69) is 11.0 Å². The molecule has 4 rings (SSSR count). The van der Waals surface area contributed by atoms with Gasteiger partial charge in [0.05, 0.1) is 22.4 Å². The summed E-state index contributed by atoms with van der Waals surface area (Å²) >= 11 is 1.72. The number of hydrogen-bond donors (Lipinski definition) is 1. The van der Waals surface area contributed by atoms with Crippen LogP contribution in [0.1, 0.15) is 35.6 Å². The van der Waals surface area contributed by atoms with Gasteiger partial charge in [0.2, 0.25) is 0 Å². The molecule has 1 saturated heterocycles. The molecular formula is C19H19FN2OS. The van der Waals surface area contributed by atoms with Gasteiger partial charge in [0.1, 0.15) is 10.8 Å². The normalized spacial score (nSPS) is 19.8. The number of β-amino-alcohol motifs (C(OH)–C–C–N with tert-alkyl or cyclic N) is 1. The SMILES string of the molecule is OC(CN1CCCC1c1nc2ccccc2s1)c1ccccc1F. The monoisotopic (exact) mass is 342 g/mol. The van der Waals surface area contributed by atoms with Crippen LogP contribution < -0.4 is 0 Å². The van der Waals surface area contributed by atoms with Gasteiger partial charge in [-0.25, -0.2) is 9.37 Å². The van der Waals surface area contributed by atoms with E-state index in [9.17, 15) is 9.50 Å². The molecule has 0 radical (unpaired) electrons. The van der Waals surface area contributed by atoms with E-state index in [-0.39, 0.29) is 11.9 Å². The van der Waals surface area contributed by atoms with Crippen LogP contribution in [0.4, 0.5) is 4.39 Å². The Morgan fingerprint density at radius 3 is 2.83 bits per heavy atom. The zero-order chi connectivity index (χ0) is 16.5. The molecule has 2 aromatic carbocycles. The third-order valence-corrected chi connectivity index (χ3v) is 5.77. The molecule has 2 atom stereocenters. The first-order valence-corrected chi connectivity index (χ1v) is 9.06. The van der Waals surface area contributed by atoms with Crippen LogP contribution in [-0.2, 0) is 0 Å². The first-order chi connectivity index (χ1) is 11.7. The van der Waals surface area contributed by atoms with Gasteiger partial charge in [-0.15, -0.1) is 11.3 Å². The quantitative estimate of drug-likeness (QED) is 0.768. The summed E-state index contributed by atoms with van der Waals surface area (Å²) in [7, 11) is 0. The second-order valence-corrected chi connectivity index (χ2v) is 7.27. The fourth-order valence-electron chi connectivity index (χ4n) is 3.42. The zero-order valence-electron chi connectivity index (χ0n) is 13.2. The van der Waals surface area contributed by atoms with E-state index in [0.29, 0.717) is 12.1 Å². The lowest BCUT2D eigenvalue weighted by Crippen LogP contribution is -2.28. The molecule has 1 aliphatic heterocycles. The van der Waals surface area contributed by atoms with Crippen LogP contribution in [0.2, 0.25) is 0 Å². The molecule has 1 N–H and O–H groups in total. The minimum absolute atomic E-state index is 0.212. The summed E-state index contributed by atoms with van der Waals surface area (Å²) in [6.45, 7) is 1.34. The van der Waals surface area contributed by atoms with Gasteiger partial charge >= 0.3 is 0 Å². The summed E-state index contributed by atoms with van der Waals surface area (Å²) < 4.78 is 15.1. The molecule has 124 valence electrons. The highest BCUT2D eigenvalue weighted by atomic mass is 32.1. The molecule has 2 unspecified atom stereocenters. The van der Waals surface area contributed by atoms with Crippen LogP contribution in [0.3, 0.4) is 0 Å². The number of fused-ring (bicyclic) bond motifs is 1. The standard InChI is InChI=1S/C19H19FN2OS/c20-14-7-2-1-6-13(14)17(23)12-22-11-5-9-16(22)19-21-15-8-3-4-10-18(15)24-19/h1-4,6-8,10,16-17,23H,5,9,11-12H2. The smallest absolute Gasteiger partial charge is 0.129 e. The Hall–Kier alpha value is -1.82. The minimum atomic E-state index is -0.818. The fourth-order valence-corrected chi connectivity index (χ4v) is 4.56. The molecule has 24 heavy (non-hydrogen) atoms. The first kappa shape index (κ1) is 15.7. The Labute approximate surface area is 144 Å². The molecule has 1 aliphatic rings. The molecule has 0 aliphatic carbocycles. The van der Waals surface area contributed by atoms with E-state index < -0.39 is 6.10 Å². The van der Waals surface area contributed by atoms with E-state index in [1.165, 1.54) is 10.8 Å². The number of nitrogens with zero attached hydrogens (tertiary/aromatic N) is 2. The van der Waals surface area contributed by atoms with Crippen LogP contribution in [0.5, 0.6) is 0 Å². The number of para-hydroxylation sites is 1. The van der Waals surface area contributed by atoms with Crippen LogP contribution >= 0.6 is 11.3 Å². The van der Waals surface area contributed by atoms with Gasteiger partial charge in [0.15, 0.2) is 0 Å². The molecule has 5 heteroatoms. The van der Waals surface area contributed by atoms with Gasteiger partial charge in [0.25, 0.3) is 0 Å². The van der Waals surface area contributed by atoms with Gasteiger partial charge < -0.3 is 5.11 Å². The summed E-state index contributed by atoms with van der Waals surface area (Å²) in [4.78, 5) is 6.99. The Balaban J connectivity index is 1.55. The summed E-state index contributed by atoms with van der Waals surface area (Å²) in [6.07, 6.45) is 1.29. The topological polar surface area (TPSA) is 36.4 Å². The molecule has 0 saturated carbocycles. The van der Waals surface area contributed by atoms with Gasteiger partial charge in [-0.2, -0.15) is 0 Å². The van der Waals surface area contributed by atoms with Crippen molar-refractivity contribution < 1.29 is 9.50 Å². The average molecular weight is 342 g/mol. The van der Waals surface area contributed by atoms with Crippen molar-refractivity contribution in [3.8, 4) is 0 Å². The summed E-state index contributed by atoms with van der Waals surface area (Å²) in [5, 5.41) is 11.6. The minimum Gasteiger partial charge on any atom is -0.387 e. The summed E-state index contributed by atoms with van der Waals surface area (Å²) in [6, 6.07) is 14.8. The molecule has 0 amide bonds. The molecule has 2 heterocycles. The Morgan fingerprint density at radius 2 is 2.00 bits per heavy atom. The number of likely N-dealkylation sites (tertiary alicyclic amines) is 1. The molecule has 0 bridgehead atoms. The van der Waals surface area contributed by atoms with Gasteiger partial charge in [-0.3, -0.25) is 4.90 Å². The number of thiazole rings is 1. The van der Waals surface area contributed by atoms with E-state index in [4.69, 9.17) is 4.98 Å². The van der Waals surface area contributed by atoms with Crippen LogP contribution in [-0.4, -0.2) is 28.1 Å². The lowest BCUT2D eigenvalue weighted by atomic mass is 10.1. The predicted octanol–water partition coefficient (Wildman–Crippen LogP) is 4.31. The van der Waals surface area contributed by atoms with Gasteiger partial charge in [-0.1, -0.05) is 30.3 Å². The lowest BCUT2D eigenvalue weighted by molar-refractivity contribution is 0.103. The van der Waals surface area contributed by atoms with E-state index in [1.807, 2.05) is 18.2 Å². The van der Waals surface area contributed by atoms with Crippen molar-refractivity contribution in [1.82, 2.24) is 9.88 Å². The number of hydrogen-bond acceptors (Lipinski definition) is 4. The number of aliphatic hydroxyl groups excluding tert-OH is 1. The van der Waals surface area contributed by atoms with Crippen molar-refractivity contribution >= 4 is 21.6 Å². The van der Waals surface area contributed by atoms with Gasteiger partial charge in [-0.05, 0) is 37.6 Å². The number of halogens is 1. The summed E-state index contributed by atoms with van der Waals surface area (Å²) in [5.41, 5.74) is 1.39. The second-order valence-electron chi connectivity index (χ2n) is 6.21. The lowest BCUT2D eigenvalue weighted by Gasteiger charge is -2.25. The Kier molecular flexibility index (Phi) is 4.31. The predicted molar refractivity (Wildman–Crippen MR) is 94.5 cm³/mol. The zero-order valence-corrected chi connectivity index (χ0v) is 14.0. The van der Waals surface area contributed by atoms with Crippen molar-refractivity contribution in [2.45, 2.75) is 25.0 Å². The highest BCUT2D eigenvalue weighted by Gasteiger charge is 2.30. The molecule has 3 aromatic rings. The highest BCUT2D eigenvalue weighted by molar-refractivity contribution is 7.18. The van der Waals surface area contributed by atoms with E-state index in [0.717, 1.165) is 29.9 Å². The maximum absolute atomic E-state index is 13.9. The van der Waals surface area contributed by atoms with Crippen molar-refractivity contribution in [1.29, 1.82) is 0 Å². The highest BCUT2D eigenvalue weighted by Crippen LogP contribution is 2.37. The van der Waals surface area contributed by atoms with E-state index in [1.54, 1.807) is 29.5 Å². The van der Waals surface area contributed by atoms with Gasteiger partial charge in [0, 0.05) is 12.1 Å². The molecule has 1 aromatic heterocycles. The third kappa shape index (κ3) is 2.95. The first-order valence-electron chi connectivity index (χ1n) is 8.24. The average Bonchev–Trinajstić information content (AvgIpc) is 3.21. The Bertz CT molecular complexity index is 817. The maximum atomic E-state index is 13.9. The second kappa shape index (κ2) is 6.59. The van der Waals surface area contributed by atoms with Crippen LogP contribution in [0, 0.1) is 5.82 Å².